The predicted octanol–water partition coefficient (Wildman–Crippen LogP) is 1.58. The number of carbonyl (C=O) groups excluding carboxylic acids is 2. The lowest BCUT2D eigenvalue weighted by molar-refractivity contribution is -0.139. The summed E-state index contributed by atoms with van der Waals surface area (Å²) in [5.41, 5.74) is -0.237. The van der Waals surface area contributed by atoms with Crippen LogP contribution in [-0.4, -0.2) is 48.3 Å². The zero-order valence-corrected chi connectivity index (χ0v) is 14.3. The number of benzene rings is 1. The average Bonchev–Trinajstić information content (AvgIpc) is 3.30. The molecule has 0 aromatic heterocycles. The van der Waals surface area contributed by atoms with Crippen molar-refractivity contribution in [3.05, 3.63) is 29.8 Å². The standard InChI is InChI=1S/C17H23N3O5/c1-17(10-25-2,9-14(21)22)20-15(23)11-4-3-5-13(8-11)19-16(24)18-12-6-7-12/h3-5,8,12H,6-7,9-10H2,1-2H3,(H,20,23)(H,21,22)(H2,18,19,24). The number of methoxy groups -OCH3 is 1. The van der Waals surface area contributed by atoms with Crippen molar-refractivity contribution in [2.24, 2.45) is 0 Å². The van der Waals surface area contributed by atoms with E-state index in [1.54, 1.807) is 25.1 Å². The van der Waals surface area contributed by atoms with Crippen molar-refractivity contribution in [1.82, 2.24) is 10.6 Å². The van der Waals surface area contributed by atoms with Crippen molar-refractivity contribution >= 4 is 23.6 Å². The monoisotopic (exact) mass is 349 g/mol. The van der Waals surface area contributed by atoms with Crippen molar-refractivity contribution in [3.8, 4) is 0 Å². The second-order valence-corrected chi connectivity index (χ2v) is 6.47. The molecule has 8 nitrogen and oxygen atoms in total. The second kappa shape index (κ2) is 7.98. The quantitative estimate of drug-likeness (QED) is 0.568. The number of rotatable bonds is 8. The van der Waals surface area contributed by atoms with Gasteiger partial charge in [0, 0.05) is 24.4 Å². The van der Waals surface area contributed by atoms with Crippen molar-refractivity contribution < 1.29 is 24.2 Å². The Morgan fingerprint density at radius 3 is 2.64 bits per heavy atom. The van der Waals surface area contributed by atoms with Crippen molar-refractivity contribution in [2.75, 3.05) is 19.0 Å². The van der Waals surface area contributed by atoms with Gasteiger partial charge in [0.1, 0.15) is 0 Å². The first-order valence-corrected chi connectivity index (χ1v) is 8.02. The number of ether oxygens (including phenoxy) is 1. The Kier molecular flexibility index (Phi) is 5.97. The maximum atomic E-state index is 12.5. The van der Waals surface area contributed by atoms with Crippen LogP contribution in [0.5, 0.6) is 0 Å². The summed E-state index contributed by atoms with van der Waals surface area (Å²) in [6.45, 7) is 1.67. The summed E-state index contributed by atoms with van der Waals surface area (Å²) in [5.74, 6) is -1.47. The zero-order chi connectivity index (χ0) is 18.4. The number of nitrogens with one attached hydrogen (secondary N) is 3. The van der Waals surface area contributed by atoms with Crippen LogP contribution in [0.25, 0.3) is 0 Å². The molecule has 1 aliphatic carbocycles. The molecule has 1 fully saturated rings. The van der Waals surface area contributed by atoms with Crippen molar-refractivity contribution in [3.63, 3.8) is 0 Å². The lowest BCUT2D eigenvalue weighted by Crippen LogP contribution is -2.50. The molecule has 0 saturated heterocycles. The summed E-state index contributed by atoms with van der Waals surface area (Å²) in [6, 6.07) is 6.37. The third-order valence-electron chi connectivity index (χ3n) is 3.71. The van der Waals surface area contributed by atoms with Gasteiger partial charge in [0.15, 0.2) is 0 Å². The number of hydrogen-bond donors (Lipinski definition) is 4. The van der Waals surface area contributed by atoms with Crippen LogP contribution in [0.2, 0.25) is 0 Å². The summed E-state index contributed by atoms with van der Waals surface area (Å²) in [6.07, 6.45) is 1.70. The first-order chi connectivity index (χ1) is 11.8. The molecule has 0 heterocycles. The van der Waals surface area contributed by atoms with Gasteiger partial charge in [0.2, 0.25) is 0 Å². The highest BCUT2D eigenvalue weighted by molar-refractivity contribution is 5.97. The smallest absolute Gasteiger partial charge is 0.319 e. The number of carboxylic acids is 1. The molecular weight excluding hydrogens is 326 g/mol. The number of hydrogen-bond acceptors (Lipinski definition) is 4. The van der Waals surface area contributed by atoms with E-state index >= 15 is 0 Å². The highest BCUT2D eigenvalue weighted by Gasteiger charge is 2.30. The number of carboxylic acid groups (broad SMARTS) is 1. The molecule has 1 unspecified atom stereocenters. The highest BCUT2D eigenvalue weighted by Crippen LogP contribution is 2.19. The van der Waals surface area contributed by atoms with Crippen LogP contribution in [-0.2, 0) is 9.53 Å². The van der Waals surface area contributed by atoms with Crippen LogP contribution in [0, 0.1) is 0 Å². The molecule has 3 amide bonds. The van der Waals surface area contributed by atoms with Gasteiger partial charge in [-0.1, -0.05) is 6.07 Å². The average molecular weight is 349 g/mol. The molecule has 1 aromatic rings. The molecule has 25 heavy (non-hydrogen) atoms. The number of urea groups is 1. The number of amides is 3. The molecule has 4 N–H and O–H groups in total. The molecule has 1 saturated carbocycles. The minimum Gasteiger partial charge on any atom is -0.481 e. The fourth-order valence-electron chi connectivity index (χ4n) is 2.45. The minimum absolute atomic E-state index is 0.0623. The van der Waals surface area contributed by atoms with Gasteiger partial charge >= 0.3 is 12.0 Å². The van der Waals surface area contributed by atoms with E-state index in [4.69, 9.17) is 9.84 Å². The summed E-state index contributed by atoms with van der Waals surface area (Å²) in [4.78, 5) is 35.2. The second-order valence-electron chi connectivity index (χ2n) is 6.47. The summed E-state index contributed by atoms with van der Waals surface area (Å²) in [7, 11) is 1.44. The SMILES string of the molecule is COCC(C)(CC(=O)O)NC(=O)c1cccc(NC(=O)NC2CC2)c1. The Morgan fingerprint density at radius 2 is 2.04 bits per heavy atom. The Morgan fingerprint density at radius 1 is 1.32 bits per heavy atom. The van der Waals surface area contributed by atoms with E-state index in [9.17, 15) is 14.4 Å². The predicted molar refractivity (Wildman–Crippen MR) is 91.6 cm³/mol. The lowest BCUT2D eigenvalue weighted by Gasteiger charge is -2.28. The molecule has 136 valence electrons. The van der Waals surface area contributed by atoms with Crippen molar-refractivity contribution in [2.45, 2.75) is 37.8 Å². The number of carbonyl (C=O) groups is 3. The van der Waals surface area contributed by atoms with Gasteiger partial charge in [-0.25, -0.2) is 4.79 Å². The van der Waals surface area contributed by atoms with Gasteiger partial charge in [-0.15, -0.1) is 0 Å². The van der Waals surface area contributed by atoms with Crippen molar-refractivity contribution in [1.29, 1.82) is 0 Å². The third-order valence-corrected chi connectivity index (χ3v) is 3.71. The lowest BCUT2D eigenvalue weighted by atomic mass is 9.98. The minimum atomic E-state index is -1.04. The highest BCUT2D eigenvalue weighted by atomic mass is 16.5. The van der Waals surface area contributed by atoms with E-state index in [0.717, 1.165) is 12.8 Å². The van der Waals surface area contributed by atoms with Gasteiger partial charge in [0.25, 0.3) is 5.91 Å². The molecule has 0 aliphatic heterocycles. The Bertz CT molecular complexity index is 659. The van der Waals surface area contributed by atoms with E-state index in [2.05, 4.69) is 16.0 Å². The van der Waals surface area contributed by atoms with E-state index < -0.39 is 17.4 Å². The molecule has 1 aliphatic rings. The first-order valence-electron chi connectivity index (χ1n) is 8.02. The molecule has 2 rings (SSSR count). The van der Waals surface area contributed by atoms with E-state index in [-0.39, 0.29) is 25.1 Å². The van der Waals surface area contributed by atoms with Crippen LogP contribution in [0.4, 0.5) is 10.5 Å². The number of anilines is 1. The number of aliphatic carboxylic acids is 1. The van der Waals surface area contributed by atoms with E-state index in [0.29, 0.717) is 11.3 Å². The van der Waals surface area contributed by atoms with Gasteiger partial charge in [-0.05, 0) is 38.0 Å². The van der Waals surface area contributed by atoms with Crippen LogP contribution in [0.1, 0.15) is 36.5 Å². The Labute approximate surface area is 145 Å². The molecule has 1 atom stereocenters. The molecular formula is C17H23N3O5. The molecule has 1 aromatic carbocycles. The maximum Gasteiger partial charge on any atom is 0.319 e. The normalized spacial score (nSPS) is 15.8. The molecule has 0 bridgehead atoms. The Hall–Kier alpha value is -2.61. The maximum absolute atomic E-state index is 12.5. The summed E-state index contributed by atoms with van der Waals surface area (Å²) < 4.78 is 5.02. The topological polar surface area (TPSA) is 117 Å². The van der Waals surface area contributed by atoms with Gasteiger partial charge in [0.05, 0.1) is 18.6 Å². The van der Waals surface area contributed by atoms with E-state index in [1.807, 2.05) is 0 Å². The summed E-state index contributed by atoms with van der Waals surface area (Å²) >= 11 is 0. The molecule has 8 heteroatoms. The van der Waals surface area contributed by atoms with Crippen LogP contribution in [0.15, 0.2) is 24.3 Å². The molecule has 0 spiro atoms. The molecule has 0 radical (unpaired) electrons. The van der Waals surface area contributed by atoms with Gasteiger partial charge in [-0.2, -0.15) is 0 Å². The van der Waals surface area contributed by atoms with E-state index in [1.165, 1.54) is 13.2 Å². The third kappa shape index (κ3) is 6.07. The fourth-order valence-corrected chi connectivity index (χ4v) is 2.45. The largest absolute Gasteiger partial charge is 0.481 e. The van der Waals surface area contributed by atoms with Gasteiger partial charge in [-0.3, -0.25) is 9.59 Å². The van der Waals surface area contributed by atoms with Crippen LogP contribution in [0.3, 0.4) is 0 Å². The Balaban J connectivity index is 2.03. The first kappa shape index (κ1) is 18.7. The summed E-state index contributed by atoms with van der Waals surface area (Å²) in [5, 5.41) is 17.2. The van der Waals surface area contributed by atoms with Crippen LogP contribution < -0.4 is 16.0 Å². The fraction of sp³-hybridized carbons (Fsp3) is 0.471. The van der Waals surface area contributed by atoms with Crippen LogP contribution >= 0.6 is 0 Å². The zero-order valence-electron chi connectivity index (χ0n) is 14.3. The van der Waals surface area contributed by atoms with Gasteiger partial charge < -0.3 is 25.8 Å².